The first kappa shape index (κ1) is 14.6. The normalized spacial score (nSPS) is 24.2. The third-order valence-electron chi connectivity index (χ3n) is 3.52. The lowest BCUT2D eigenvalue weighted by Gasteiger charge is -2.29. The summed E-state index contributed by atoms with van der Waals surface area (Å²) >= 11 is 5.99. The summed E-state index contributed by atoms with van der Waals surface area (Å²) < 4.78 is 36.4. The van der Waals surface area contributed by atoms with Gasteiger partial charge in [0.2, 0.25) is 0 Å². The van der Waals surface area contributed by atoms with E-state index in [2.05, 4.69) is 5.32 Å². The molecule has 1 N–H and O–H groups in total. The van der Waals surface area contributed by atoms with Crippen molar-refractivity contribution in [2.45, 2.75) is 37.0 Å². The molecule has 2 atom stereocenters. The number of benzene rings is 1. The fourth-order valence-electron chi connectivity index (χ4n) is 2.49. The highest BCUT2D eigenvalue weighted by Gasteiger charge is 2.29. The molecule has 0 bridgehead atoms. The number of rotatable bonds is 3. The lowest BCUT2D eigenvalue weighted by atomic mass is 9.95. The molecule has 1 saturated carbocycles. The van der Waals surface area contributed by atoms with Gasteiger partial charge in [0.05, 0.1) is 16.0 Å². The second-order valence-electron chi connectivity index (χ2n) is 5.08. The SMILES string of the molecule is CS(=O)(=O)C1CCCC(Nc2cc(F)ccc2Cl)C1. The average molecular weight is 306 g/mol. The summed E-state index contributed by atoms with van der Waals surface area (Å²) in [6.07, 6.45) is 4.25. The van der Waals surface area contributed by atoms with Gasteiger partial charge in [0.1, 0.15) is 15.7 Å². The highest BCUT2D eigenvalue weighted by molar-refractivity contribution is 7.91. The molecule has 1 aromatic rings. The first-order chi connectivity index (χ1) is 8.86. The number of anilines is 1. The van der Waals surface area contributed by atoms with Gasteiger partial charge >= 0.3 is 0 Å². The average Bonchev–Trinajstić information content (AvgIpc) is 2.33. The van der Waals surface area contributed by atoms with Crippen molar-refractivity contribution < 1.29 is 12.8 Å². The first-order valence-electron chi connectivity index (χ1n) is 6.26. The third-order valence-corrected chi connectivity index (χ3v) is 5.49. The smallest absolute Gasteiger partial charge is 0.150 e. The van der Waals surface area contributed by atoms with E-state index < -0.39 is 9.84 Å². The summed E-state index contributed by atoms with van der Waals surface area (Å²) in [4.78, 5) is 0. The maximum atomic E-state index is 13.2. The van der Waals surface area contributed by atoms with Crippen molar-refractivity contribution in [2.24, 2.45) is 0 Å². The zero-order valence-electron chi connectivity index (χ0n) is 10.7. The molecule has 0 aromatic heterocycles. The largest absolute Gasteiger partial charge is 0.381 e. The molecule has 1 aliphatic rings. The Labute approximate surface area is 118 Å². The zero-order chi connectivity index (χ0) is 14.0. The number of halogens is 2. The Balaban J connectivity index is 2.09. The van der Waals surface area contributed by atoms with Crippen molar-refractivity contribution in [3.05, 3.63) is 29.0 Å². The lowest BCUT2D eigenvalue weighted by molar-refractivity contribution is 0.453. The number of hydrogen-bond donors (Lipinski definition) is 1. The van der Waals surface area contributed by atoms with Gasteiger partial charge in [-0.3, -0.25) is 0 Å². The van der Waals surface area contributed by atoms with E-state index in [-0.39, 0.29) is 17.1 Å². The number of sulfone groups is 1. The van der Waals surface area contributed by atoms with E-state index >= 15 is 0 Å². The van der Waals surface area contributed by atoms with Crippen LogP contribution in [0.3, 0.4) is 0 Å². The van der Waals surface area contributed by atoms with Crippen LogP contribution >= 0.6 is 11.6 Å². The van der Waals surface area contributed by atoms with Crippen LogP contribution in [0.25, 0.3) is 0 Å². The van der Waals surface area contributed by atoms with E-state index in [1.54, 1.807) is 0 Å². The van der Waals surface area contributed by atoms with E-state index in [0.29, 0.717) is 23.6 Å². The molecule has 2 unspecified atom stereocenters. The molecule has 0 radical (unpaired) electrons. The summed E-state index contributed by atoms with van der Waals surface area (Å²) in [6.45, 7) is 0. The minimum atomic E-state index is -3.02. The first-order valence-corrected chi connectivity index (χ1v) is 8.60. The molecule has 1 aliphatic carbocycles. The summed E-state index contributed by atoms with van der Waals surface area (Å²) in [5.74, 6) is -0.359. The van der Waals surface area contributed by atoms with E-state index in [1.807, 2.05) is 0 Å². The van der Waals surface area contributed by atoms with Gasteiger partial charge in [0.15, 0.2) is 0 Å². The molecule has 106 valence electrons. The predicted molar refractivity (Wildman–Crippen MR) is 75.9 cm³/mol. The van der Waals surface area contributed by atoms with Gasteiger partial charge in [-0.05, 0) is 37.5 Å². The molecule has 6 heteroatoms. The van der Waals surface area contributed by atoms with Crippen molar-refractivity contribution in [3.63, 3.8) is 0 Å². The zero-order valence-corrected chi connectivity index (χ0v) is 12.3. The van der Waals surface area contributed by atoms with Crippen LogP contribution in [0.2, 0.25) is 5.02 Å². The van der Waals surface area contributed by atoms with Crippen LogP contribution in [0.4, 0.5) is 10.1 Å². The van der Waals surface area contributed by atoms with Gasteiger partial charge in [0, 0.05) is 12.3 Å². The van der Waals surface area contributed by atoms with Gasteiger partial charge in [-0.2, -0.15) is 0 Å². The molecule has 0 aliphatic heterocycles. The van der Waals surface area contributed by atoms with Crippen LogP contribution in [-0.4, -0.2) is 26.0 Å². The van der Waals surface area contributed by atoms with E-state index in [1.165, 1.54) is 24.5 Å². The quantitative estimate of drug-likeness (QED) is 0.932. The maximum absolute atomic E-state index is 13.2. The fourth-order valence-corrected chi connectivity index (χ4v) is 3.84. The summed E-state index contributed by atoms with van der Waals surface area (Å²) in [5, 5.41) is 3.29. The highest BCUT2D eigenvalue weighted by Crippen LogP contribution is 2.29. The van der Waals surface area contributed by atoms with Crippen LogP contribution < -0.4 is 5.32 Å². The monoisotopic (exact) mass is 305 g/mol. The molecule has 19 heavy (non-hydrogen) atoms. The lowest BCUT2D eigenvalue weighted by Crippen LogP contribution is -2.34. The standard InChI is InChI=1S/C13H17ClFNO2S/c1-19(17,18)11-4-2-3-10(8-11)16-13-7-9(15)5-6-12(13)14/h5-7,10-11,16H,2-4,8H2,1H3. The Morgan fingerprint density at radius 2 is 2.11 bits per heavy atom. The van der Waals surface area contributed by atoms with Crippen LogP contribution in [0.1, 0.15) is 25.7 Å². The predicted octanol–water partition coefficient (Wildman–Crippen LogP) is 3.25. The molecular weight excluding hydrogens is 289 g/mol. The molecule has 0 amide bonds. The highest BCUT2D eigenvalue weighted by atomic mass is 35.5. The second-order valence-corrected chi connectivity index (χ2v) is 7.82. The molecule has 0 spiro atoms. The fraction of sp³-hybridized carbons (Fsp3) is 0.538. The van der Waals surface area contributed by atoms with E-state index in [0.717, 1.165) is 12.8 Å². The summed E-state index contributed by atoms with van der Waals surface area (Å²) in [7, 11) is -3.02. The third kappa shape index (κ3) is 3.83. The van der Waals surface area contributed by atoms with Gasteiger partial charge in [-0.1, -0.05) is 18.0 Å². The number of hydrogen-bond acceptors (Lipinski definition) is 3. The Kier molecular flexibility index (Phi) is 4.36. The van der Waals surface area contributed by atoms with Crippen LogP contribution in [0.5, 0.6) is 0 Å². The maximum Gasteiger partial charge on any atom is 0.150 e. The Bertz CT molecular complexity index is 562. The van der Waals surface area contributed by atoms with E-state index in [9.17, 15) is 12.8 Å². The summed E-state index contributed by atoms with van der Waals surface area (Å²) in [5.41, 5.74) is 0.529. The van der Waals surface area contributed by atoms with Gasteiger partial charge < -0.3 is 5.32 Å². The molecular formula is C13H17ClFNO2S. The van der Waals surface area contributed by atoms with Crippen LogP contribution in [0.15, 0.2) is 18.2 Å². The van der Waals surface area contributed by atoms with Crippen LogP contribution in [0, 0.1) is 5.82 Å². The van der Waals surface area contributed by atoms with Crippen molar-refractivity contribution in [2.75, 3.05) is 11.6 Å². The van der Waals surface area contributed by atoms with Gasteiger partial charge in [-0.25, -0.2) is 12.8 Å². The van der Waals surface area contributed by atoms with Crippen molar-refractivity contribution in [3.8, 4) is 0 Å². The molecule has 0 heterocycles. The van der Waals surface area contributed by atoms with Crippen molar-refractivity contribution in [1.82, 2.24) is 0 Å². The summed E-state index contributed by atoms with van der Waals surface area (Å²) in [6, 6.07) is 4.16. The van der Waals surface area contributed by atoms with Crippen molar-refractivity contribution in [1.29, 1.82) is 0 Å². The topological polar surface area (TPSA) is 46.2 Å². The molecule has 2 rings (SSSR count). The second kappa shape index (κ2) is 5.67. The Hall–Kier alpha value is -0.810. The number of nitrogens with one attached hydrogen (secondary N) is 1. The van der Waals surface area contributed by atoms with Crippen LogP contribution in [-0.2, 0) is 9.84 Å². The van der Waals surface area contributed by atoms with Gasteiger partial charge in [-0.15, -0.1) is 0 Å². The molecule has 1 aromatic carbocycles. The molecule has 1 fully saturated rings. The minimum absolute atomic E-state index is 0.0211. The molecule has 0 saturated heterocycles. The minimum Gasteiger partial charge on any atom is -0.381 e. The van der Waals surface area contributed by atoms with E-state index in [4.69, 9.17) is 11.6 Å². The molecule has 3 nitrogen and oxygen atoms in total. The Morgan fingerprint density at radius 3 is 2.79 bits per heavy atom. The Morgan fingerprint density at radius 1 is 1.37 bits per heavy atom. The van der Waals surface area contributed by atoms with Crippen molar-refractivity contribution >= 4 is 27.1 Å². The van der Waals surface area contributed by atoms with Gasteiger partial charge in [0.25, 0.3) is 0 Å².